The Kier molecular flexibility index (Phi) is 5.70. The zero-order chi connectivity index (χ0) is 20.9. The van der Waals surface area contributed by atoms with Gasteiger partial charge in [-0.1, -0.05) is 50.2 Å². The molecule has 2 aromatic carbocycles. The number of carbonyl (C=O) groups is 1. The van der Waals surface area contributed by atoms with Gasteiger partial charge >= 0.3 is 0 Å². The molecule has 5 nitrogen and oxygen atoms in total. The zero-order valence-electron chi connectivity index (χ0n) is 17.1. The van der Waals surface area contributed by atoms with Crippen LogP contribution in [0.15, 0.2) is 79.1 Å². The molecular weight excluding hydrogens is 372 g/mol. The van der Waals surface area contributed by atoms with Gasteiger partial charge in [-0.15, -0.1) is 0 Å². The van der Waals surface area contributed by atoms with E-state index in [0.29, 0.717) is 23.8 Å². The molecular formula is C25H24N4O. The first-order chi connectivity index (χ1) is 14.6. The molecule has 0 saturated heterocycles. The number of hydrogen-bond acceptors (Lipinski definition) is 4. The minimum Gasteiger partial charge on any atom is -0.348 e. The van der Waals surface area contributed by atoms with E-state index in [1.165, 1.54) is 5.56 Å². The van der Waals surface area contributed by atoms with Crippen LogP contribution in [-0.2, 0) is 6.54 Å². The summed E-state index contributed by atoms with van der Waals surface area (Å²) in [6.07, 6.45) is 3.46. The molecule has 0 aliphatic heterocycles. The number of pyridine rings is 2. The Labute approximate surface area is 176 Å². The van der Waals surface area contributed by atoms with Crippen LogP contribution in [0.5, 0.6) is 0 Å². The summed E-state index contributed by atoms with van der Waals surface area (Å²) in [5, 5.41) is 7.14. The van der Waals surface area contributed by atoms with Gasteiger partial charge in [0.1, 0.15) is 5.82 Å². The van der Waals surface area contributed by atoms with E-state index in [-0.39, 0.29) is 5.91 Å². The van der Waals surface area contributed by atoms with Crippen LogP contribution in [0.4, 0.5) is 11.5 Å². The predicted octanol–water partition coefficient (Wildman–Crippen LogP) is 5.43. The van der Waals surface area contributed by atoms with Gasteiger partial charge in [0.2, 0.25) is 0 Å². The van der Waals surface area contributed by atoms with Crippen LogP contribution < -0.4 is 10.6 Å². The largest absolute Gasteiger partial charge is 0.348 e. The van der Waals surface area contributed by atoms with E-state index in [4.69, 9.17) is 0 Å². The Balaban J connectivity index is 1.61. The third kappa shape index (κ3) is 4.46. The van der Waals surface area contributed by atoms with Crippen molar-refractivity contribution >= 4 is 28.3 Å². The van der Waals surface area contributed by atoms with Gasteiger partial charge in [0, 0.05) is 30.0 Å². The summed E-state index contributed by atoms with van der Waals surface area (Å²) < 4.78 is 0. The van der Waals surface area contributed by atoms with Gasteiger partial charge in [-0.2, -0.15) is 0 Å². The van der Waals surface area contributed by atoms with Crippen LogP contribution in [0.1, 0.15) is 41.3 Å². The molecule has 0 aliphatic rings. The average molecular weight is 396 g/mol. The Hall–Kier alpha value is -3.73. The molecule has 0 aliphatic carbocycles. The van der Waals surface area contributed by atoms with Crippen molar-refractivity contribution in [2.24, 2.45) is 0 Å². The molecule has 4 aromatic rings. The molecule has 2 heterocycles. The first-order valence-electron chi connectivity index (χ1n) is 10.0. The quantitative estimate of drug-likeness (QED) is 0.456. The fourth-order valence-corrected chi connectivity index (χ4v) is 3.31. The normalized spacial score (nSPS) is 10.9. The third-order valence-electron chi connectivity index (χ3n) is 4.99. The Morgan fingerprint density at radius 1 is 1.00 bits per heavy atom. The third-order valence-corrected chi connectivity index (χ3v) is 4.99. The van der Waals surface area contributed by atoms with Gasteiger partial charge in [0.25, 0.3) is 5.91 Å². The van der Waals surface area contributed by atoms with E-state index in [2.05, 4.69) is 46.6 Å². The van der Waals surface area contributed by atoms with Gasteiger partial charge in [-0.3, -0.25) is 9.78 Å². The highest BCUT2D eigenvalue weighted by Gasteiger charge is 2.13. The molecule has 5 heteroatoms. The molecule has 1 amide bonds. The minimum atomic E-state index is -0.143. The van der Waals surface area contributed by atoms with Crippen LogP contribution in [0.2, 0.25) is 0 Å². The van der Waals surface area contributed by atoms with Crippen LogP contribution in [0.25, 0.3) is 10.9 Å². The number of anilines is 2. The van der Waals surface area contributed by atoms with Gasteiger partial charge in [0.05, 0.1) is 11.1 Å². The number of rotatable bonds is 6. The fraction of sp³-hybridized carbons (Fsp3) is 0.160. The lowest BCUT2D eigenvalue weighted by Gasteiger charge is -2.12. The summed E-state index contributed by atoms with van der Waals surface area (Å²) in [7, 11) is 0. The van der Waals surface area contributed by atoms with E-state index in [1.807, 2.05) is 48.5 Å². The Bertz CT molecular complexity index is 1150. The Morgan fingerprint density at radius 3 is 2.53 bits per heavy atom. The molecule has 0 bridgehead atoms. The van der Waals surface area contributed by atoms with Crippen LogP contribution in [0.3, 0.4) is 0 Å². The first-order valence-corrected chi connectivity index (χ1v) is 10.0. The first kappa shape index (κ1) is 19.6. The lowest BCUT2D eigenvalue weighted by Crippen LogP contribution is -2.23. The highest BCUT2D eigenvalue weighted by molar-refractivity contribution is 6.07. The molecule has 30 heavy (non-hydrogen) atoms. The van der Waals surface area contributed by atoms with Gasteiger partial charge in [0.15, 0.2) is 0 Å². The highest BCUT2D eigenvalue weighted by Crippen LogP contribution is 2.24. The van der Waals surface area contributed by atoms with Gasteiger partial charge in [-0.25, -0.2) is 4.98 Å². The maximum absolute atomic E-state index is 13.0. The van der Waals surface area contributed by atoms with Crippen molar-refractivity contribution in [3.63, 3.8) is 0 Å². The molecule has 2 N–H and O–H groups in total. The molecule has 0 atom stereocenters. The van der Waals surface area contributed by atoms with Gasteiger partial charge in [-0.05, 0) is 47.4 Å². The lowest BCUT2D eigenvalue weighted by molar-refractivity contribution is 0.0952. The minimum absolute atomic E-state index is 0.143. The number of para-hydroxylation sites is 1. The summed E-state index contributed by atoms with van der Waals surface area (Å²) in [4.78, 5) is 21.7. The van der Waals surface area contributed by atoms with Crippen molar-refractivity contribution in [3.8, 4) is 0 Å². The maximum Gasteiger partial charge on any atom is 0.252 e. The predicted molar refractivity (Wildman–Crippen MR) is 121 cm³/mol. The van der Waals surface area contributed by atoms with Crippen LogP contribution in [-0.4, -0.2) is 15.9 Å². The standard InChI is InChI=1S/C25H24N4O/c1-17(2)19-9-11-20(12-10-19)28-24-14-22(21-7-3-4-8-23(21)29-24)25(30)27-16-18-6-5-13-26-15-18/h3-15,17H,16H2,1-2H3,(H,27,30)(H,28,29). The molecule has 0 fully saturated rings. The highest BCUT2D eigenvalue weighted by atomic mass is 16.1. The average Bonchev–Trinajstić information content (AvgIpc) is 2.78. The molecule has 150 valence electrons. The number of nitrogens with zero attached hydrogens (tertiary/aromatic N) is 2. The number of nitrogens with one attached hydrogen (secondary N) is 2. The van der Waals surface area contributed by atoms with Crippen molar-refractivity contribution in [2.75, 3.05) is 5.32 Å². The number of benzene rings is 2. The van der Waals surface area contributed by atoms with Crippen molar-refractivity contribution in [1.82, 2.24) is 15.3 Å². The topological polar surface area (TPSA) is 66.9 Å². The molecule has 0 unspecified atom stereocenters. The summed E-state index contributed by atoms with van der Waals surface area (Å²) in [5.74, 6) is 0.973. The molecule has 2 aromatic heterocycles. The van der Waals surface area contributed by atoms with Crippen LogP contribution in [0, 0.1) is 0 Å². The second-order valence-electron chi connectivity index (χ2n) is 7.52. The smallest absolute Gasteiger partial charge is 0.252 e. The molecule has 4 rings (SSSR count). The van der Waals surface area contributed by atoms with E-state index in [1.54, 1.807) is 18.5 Å². The lowest BCUT2D eigenvalue weighted by atomic mass is 10.0. The second kappa shape index (κ2) is 8.74. The monoisotopic (exact) mass is 396 g/mol. The summed E-state index contributed by atoms with van der Waals surface area (Å²) >= 11 is 0. The van der Waals surface area contributed by atoms with Crippen molar-refractivity contribution in [1.29, 1.82) is 0 Å². The number of fused-ring (bicyclic) bond motifs is 1. The fourth-order valence-electron chi connectivity index (χ4n) is 3.31. The number of carbonyl (C=O) groups excluding carboxylic acids is 1. The van der Waals surface area contributed by atoms with Crippen LogP contribution >= 0.6 is 0 Å². The van der Waals surface area contributed by atoms with E-state index in [0.717, 1.165) is 22.2 Å². The van der Waals surface area contributed by atoms with Gasteiger partial charge < -0.3 is 10.6 Å². The zero-order valence-corrected chi connectivity index (χ0v) is 17.1. The van der Waals surface area contributed by atoms with E-state index in [9.17, 15) is 4.79 Å². The van der Waals surface area contributed by atoms with Crippen molar-refractivity contribution in [3.05, 3.63) is 95.8 Å². The van der Waals surface area contributed by atoms with Crippen molar-refractivity contribution < 1.29 is 4.79 Å². The van der Waals surface area contributed by atoms with E-state index < -0.39 is 0 Å². The second-order valence-corrected chi connectivity index (χ2v) is 7.52. The summed E-state index contributed by atoms with van der Waals surface area (Å²) in [6.45, 7) is 4.76. The van der Waals surface area contributed by atoms with E-state index >= 15 is 0 Å². The number of aromatic nitrogens is 2. The molecule has 0 radical (unpaired) electrons. The Morgan fingerprint density at radius 2 is 1.80 bits per heavy atom. The summed E-state index contributed by atoms with van der Waals surface area (Å²) in [5.41, 5.74) is 4.53. The maximum atomic E-state index is 13.0. The number of hydrogen-bond donors (Lipinski definition) is 2. The number of amides is 1. The summed E-state index contributed by atoms with van der Waals surface area (Å²) in [6, 6.07) is 21.6. The molecule has 0 saturated carbocycles. The van der Waals surface area contributed by atoms with Crippen molar-refractivity contribution in [2.45, 2.75) is 26.3 Å². The SMILES string of the molecule is CC(C)c1ccc(Nc2cc(C(=O)NCc3cccnc3)c3ccccc3n2)cc1. The molecule has 0 spiro atoms.